The number of rotatable bonds is 4. The minimum absolute atomic E-state index is 0.164. The van der Waals surface area contributed by atoms with Gasteiger partial charge in [0.05, 0.1) is 11.4 Å². The number of hydrogen-bond donors (Lipinski definition) is 3. The number of aliphatic imine (C=N–C) groups is 1. The summed E-state index contributed by atoms with van der Waals surface area (Å²) in [7, 11) is 4.09. The van der Waals surface area contributed by atoms with Crippen molar-refractivity contribution in [1.29, 1.82) is 0 Å². The standard InChI is InChI=1S/C16H20N6O/c1-10-11(9-22(2)3)6-12(20-10)7-14-15(18-5-4-17-14)13-8-19-21-16(13)23/h4-8,13,17,20H,9H2,1-3H3,(H,21,23). The molecule has 0 saturated carbocycles. The lowest BCUT2D eigenvalue weighted by molar-refractivity contribution is -0.120. The van der Waals surface area contributed by atoms with E-state index in [-0.39, 0.29) is 5.91 Å². The van der Waals surface area contributed by atoms with Gasteiger partial charge in [0, 0.05) is 36.5 Å². The van der Waals surface area contributed by atoms with Crippen LogP contribution in [0.4, 0.5) is 0 Å². The van der Waals surface area contributed by atoms with E-state index in [1.165, 1.54) is 5.56 Å². The summed E-state index contributed by atoms with van der Waals surface area (Å²) in [6, 6.07) is 2.11. The summed E-state index contributed by atoms with van der Waals surface area (Å²) >= 11 is 0. The summed E-state index contributed by atoms with van der Waals surface area (Å²) in [5.74, 6) is -0.626. The zero-order chi connectivity index (χ0) is 16.4. The molecule has 0 fully saturated rings. The second-order valence-corrected chi connectivity index (χ2v) is 5.88. The molecule has 0 radical (unpaired) electrons. The van der Waals surface area contributed by atoms with Crippen LogP contribution in [-0.4, -0.2) is 41.8 Å². The first kappa shape index (κ1) is 15.2. The number of carbonyl (C=O) groups excluding carboxylic acids is 1. The van der Waals surface area contributed by atoms with Crippen LogP contribution in [-0.2, 0) is 11.3 Å². The van der Waals surface area contributed by atoms with Gasteiger partial charge in [-0.05, 0) is 38.7 Å². The maximum absolute atomic E-state index is 11.8. The third-order valence-corrected chi connectivity index (χ3v) is 3.71. The van der Waals surface area contributed by atoms with Crippen molar-refractivity contribution in [3.63, 3.8) is 0 Å². The lowest BCUT2D eigenvalue weighted by Gasteiger charge is -2.16. The molecule has 120 valence electrons. The quantitative estimate of drug-likeness (QED) is 0.774. The summed E-state index contributed by atoms with van der Waals surface area (Å²) in [4.78, 5) is 21.7. The van der Waals surface area contributed by atoms with E-state index in [0.717, 1.165) is 23.6 Å². The van der Waals surface area contributed by atoms with Crippen LogP contribution in [0, 0.1) is 12.8 Å². The molecule has 1 aromatic heterocycles. The van der Waals surface area contributed by atoms with Gasteiger partial charge in [0.2, 0.25) is 0 Å². The Labute approximate surface area is 134 Å². The average Bonchev–Trinajstić information content (AvgIpc) is 3.06. The fourth-order valence-corrected chi connectivity index (χ4v) is 2.63. The molecular formula is C16H20N6O. The van der Waals surface area contributed by atoms with Gasteiger partial charge in [0.25, 0.3) is 5.91 Å². The Bertz CT molecular complexity index is 738. The molecule has 7 nitrogen and oxygen atoms in total. The number of H-pyrrole nitrogens is 1. The van der Waals surface area contributed by atoms with Gasteiger partial charge in [-0.1, -0.05) is 0 Å². The number of aromatic amines is 1. The molecule has 2 aliphatic rings. The van der Waals surface area contributed by atoms with Gasteiger partial charge in [0.15, 0.2) is 0 Å². The number of hydrazone groups is 1. The molecule has 3 heterocycles. The number of hydrogen-bond acceptors (Lipinski definition) is 5. The Morgan fingerprint density at radius 3 is 2.91 bits per heavy atom. The average molecular weight is 312 g/mol. The van der Waals surface area contributed by atoms with Crippen molar-refractivity contribution in [2.24, 2.45) is 16.0 Å². The Hall–Kier alpha value is -2.67. The number of aromatic nitrogens is 1. The number of aryl methyl sites for hydroxylation is 1. The topological polar surface area (TPSA) is 84.9 Å². The molecule has 1 aromatic rings. The van der Waals surface area contributed by atoms with E-state index in [2.05, 4.69) is 43.7 Å². The zero-order valence-corrected chi connectivity index (χ0v) is 13.4. The lowest BCUT2D eigenvalue weighted by Crippen LogP contribution is -2.32. The van der Waals surface area contributed by atoms with Gasteiger partial charge in [0.1, 0.15) is 5.92 Å². The molecule has 1 atom stereocenters. The number of amides is 1. The summed E-state index contributed by atoms with van der Waals surface area (Å²) in [6.07, 6.45) is 6.93. The van der Waals surface area contributed by atoms with Crippen LogP contribution in [0.1, 0.15) is 17.0 Å². The van der Waals surface area contributed by atoms with Gasteiger partial charge in [-0.25, -0.2) is 5.43 Å². The largest absolute Gasteiger partial charge is 0.359 e. The number of carbonyl (C=O) groups is 1. The van der Waals surface area contributed by atoms with Crippen molar-refractivity contribution >= 4 is 23.9 Å². The van der Waals surface area contributed by atoms with Crippen LogP contribution < -0.4 is 10.7 Å². The third-order valence-electron chi connectivity index (χ3n) is 3.71. The summed E-state index contributed by atoms with van der Waals surface area (Å²) < 4.78 is 0. The molecule has 3 N–H and O–H groups in total. The van der Waals surface area contributed by atoms with E-state index in [9.17, 15) is 4.79 Å². The molecule has 0 aliphatic carbocycles. The zero-order valence-electron chi connectivity index (χ0n) is 13.4. The van der Waals surface area contributed by atoms with Gasteiger partial charge >= 0.3 is 0 Å². The van der Waals surface area contributed by atoms with Crippen LogP contribution in [0.2, 0.25) is 0 Å². The van der Waals surface area contributed by atoms with Crippen molar-refractivity contribution in [1.82, 2.24) is 20.6 Å². The Kier molecular flexibility index (Phi) is 4.12. The first-order valence-electron chi connectivity index (χ1n) is 7.42. The summed E-state index contributed by atoms with van der Waals surface area (Å²) in [5.41, 5.74) is 7.24. The van der Waals surface area contributed by atoms with Crippen molar-refractivity contribution in [2.45, 2.75) is 13.5 Å². The summed E-state index contributed by atoms with van der Waals surface area (Å²) in [6.45, 7) is 2.93. The van der Waals surface area contributed by atoms with Crippen LogP contribution >= 0.6 is 0 Å². The fraction of sp³-hybridized carbons (Fsp3) is 0.312. The van der Waals surface area contributed by atoms with E-state index in [4.69, 9.17) is 0 Å². The molecule has 3 rings (SSSR count). The highest BCUT2D eigenvalue weighted by molar-refractivity contribution is 6.24. The highest BCUT2D eigenvalue weighted by Crippen LogP contribution is 2.18. The molecule has 1 unspecified atom stereocenters. The highest BCUT2D eigenvalue weighted by Gasteiger charge is 2.29. The van der Waals surface area contributed by atoms with Crippen LogP contribution in [0.5, 0.6) is 0 Å². The van der Waals surface area contributed by atoms with Gasteiger partial charge in [-0.2, -0.15) is 5.10 Å². The molecule has 0 aromatic carbocycles. The molecule has 0 spiro atoms. The Morgan fingerprint density at radius 2 is 2.22 bits per heavy atom. The van der Waals surface area contributed by atoms with E-state index >= 15 is 0 Å². The van der Waals surface area contributed by atoms with Crippen molar-refractivity contribution < 1.29 is 4.79 Å². The predicted octanol–water partition coefficient (Wildman–Crippen LogP) is 0.973. The second-order valence-electron chi connectivity index (χ2n) is 5.88. The first-order valence-corrected chi connectivity index (χ1v) is 7.42. The second kappa shape index (κ2) is 6.21. The van der Waals surface area contributed by atoms with E-state index < -0.39 is 5.92 Å². The molecule has 2 aliphatic heterocycles. The van der Waals surface area contributed by atoms with Gasteiger partial charge < -0.3 is 15.2 Å². The Balaban J connectivity index is 1.89. The monoisotopic (exact) mass is 312 g/mol. The molecule has 23 heavy (non-hydrogen) atoms. The summed E-state index contributed by atoms with van der Waals surface area (Å²) in [5, 5.41) is 6.98. The molecule has 0 saturated heterocycles. The van der Waals surface area contributed by atoms with Crippen LogP contribution in [0.3, 0.4) is 0 Å². The van der Waals surface area contributed by atoms with Crippen molar-refractivity contribution in [3.05, 3.63) is 41.1 Å². The van der Waals surface area contributed by atoms with E-state index in [1.54, 1.807) is 18.6 Å². The molecule has 1 amide bonds. The number of nitrogens with zero attached hydrogens (tertiary/aromatic N) is 3. The number of nitrogens with one attached hydrogen (secondary N) is 3. The van der Waals surface area contributed by atoms with E-state index in [1.807, 2.05) is 20.2 Å². The van der Waals surface area contributed by atoms with Gasteiger partial charge in [-0.3, -0.25) is 9.79 Å². The number of allylic oxidation sites excluding steroid dienone is 1. The minimum Gasteiger partial charge on any atom is -0.359 e. The maximum atomic E-state index is 11.8. The maximum Gasteiger partial charge on any atom is 0.254 e. The lowest BCUT2D eigenvalue weighted by atomic mass is 10.00. The van der Waals surface area contributed by atoms with Crippen molar-refractivity contribution in [2.75, 3.05) is 14.1 Å². The van der Waals surface area contributed by atoms with Crippen molar-refractivity contribution in [3.8, 4) is 0 Å². The van der Waals surface area contributed by atoms with Crippen LogP contribution in [0.15, 0.2) is 34.3 Å². The molecule has 0 bridgehead atoms. The Morgan fingerprint density at radius 1 is 1.39 bits per heavy atom. The predicted molar refractivity (Wildman–Crippen MR) is 90.7 cm³/mol. The molecule has 7 heteroatoms. The first-order chi connectivity index (χ1) is 11.0. The smallest absolute Gasteiger partial charge is 0.254 e. The highest BCUT2D eigenvalue weighted by atomic mass is 16.2. The van der Waals surface area contributed by atoms with E-state index in [0.29, 0.717) is 5.71 Å². The molecular weight excluding hydrogens is 292 g/mol. The fourth-order valence-electron chi connectivity index (χ4n) is 2.63. The van der Waals surface area contributed by atoms with Crippen LogP contribution in [0.25, 0.3) is 6.08 Å². The third kappa shape index (κ3) is 3.24. The van der Waals surface area contributed by atoms with Gasteiger partial charge in [-0.15, -0.1) is 0 Å². The minimum atomic E-state index is -0.462. The SMILES string of the molecule is Cc1[nH]c(C=C2NC=CN=C2C2C=NNC2=O)cc1CN(C)C. The normalized spacial score (nSPS) is 21.7.